The van der Waals surface area contributed by atoms with Crippen molar-refractivity contribution in [3.05, 3.63) is 40.8 Å². The van der Waals surface area contributed by atoms with E-state index in [1.165, 1.54) is 12.1 Å². The average molecular weight is 252 g/mol. The number of hydrogen-bond acceptors (Lipinski definition) is 3. The molecular formula is C12H11ClFN3. The summed E-state index contributed by atoms with van der Waals surface area (Å²) in [6.07, 6.45) is 0. The van der Waals surface area contributed by atoms with Gasteiger partial charge in [-0.2, -0.15) is 0 Å². The monoisotopic (exact) mass is 251 g/mol. The maximum absolute atomic E-state index is 13.2. The molecule has 5 heteroatoms. The molecule has 0 aliphatic rings. The lowest BCUT2D eigenvalue weighted by molar-refractivity contribution is 0.628. The highest BCUT2D eigenvalue weighted by atomic mass is 35.5. The van der Waals surface area contributed by atoms with Crippen LogP contribution in [0.15, 0.2) is 24.3 Å². The first kappa shape index (κ1) is 11.8. The first-order valence-electron chi connectivity index (χ1n) is 5.08. The van der Waals surface area contributed by atoms with Gasteiger partial charge in [-0.25, -0.2) is 14.4 Å². The highest BCUT2D eigenvalue weighted by Crippen LogP contribution is 2.22. The van der Waals surface area contributed by atoms with Crippen LogP contribution in [0.5, 0.6) is 0 Å². The Bertz CT molecular complexity index is 537. The van der Waals surface area contributed by atoms with Crippen LogP contribution < -0.4 is 5.32 Å². The van der Waals surface area contributed by atoms with Crippen molar-refractivity contribution >= 4 is 17.4 Å². The fourth-order valence-electron chi connectivity index (χ4n) is 1.51. The van der Waals surface area contributed by atoms with E-state index in [1.54, 1.807) is 13.1 Å². The van der Waals surface area contributed by atoms with Crippen molar-refractivity contribution in [2.45, 2.75) is 6.92 Å². The summed E-state index contributed by atoms with van der Waals surface area (Å²) in [4.78, 5) is 8.51. The molecule has 2 rings (SSSR count). The maximum Gasteiger partial charge on any atom is 0.161 e. The highest BCUT2D eigenvalue weighted by molar-refractivity contribution is 6.30. The third-order valence-electron chi connectivity index (χ3n) is 2.23. The van der Waals surface area contributed by atoms with Crippen molar-refractivity contribution in [2.24, 2.45) is 0 Å². The van der Waals surface area contributed by atoms with Crippen LogP contribution in [0.2, 0.25) is 5.02 Å². The number of rotatable bonds is 2. The van der Waals surface area contributed by atoms with Gasteiger partial charge in [-0.3, -0.25) is 0 Å². The zero-order chi connectivity index (χ0) is 12.4. The average Bonchev–Trinajstić information content (AvgIpc) is 2.26. The van der Waals surface area contributed by atoms with Gasteiger partial charge in [-0.15, -0.1) is 0 Å². The van der Waals surface area contributed by atoms with Gasteiger partial charge in [-0.1, -0.05) is 11.6 Å². The second-order valence-corrected chi connectivity index (χ2v) is 4.06. The molecule has 1 N–H and O–H groups in total. The molecule has 0 spiro atoms. The standard InChI is InChI=1S/C12H11ClFN3/c1-7-3-11(15-2)17-12(16-7)8-4-9(13)6-10(14)5-8/h3-6H,1-2H3,(H,15,16,17). The molecule has 0 saturated carbocycles. The van der Waals surface area contributed by atoms with Gasteiger partial charge in [0.25, 0.3) is 0 Å². The van der Waals surface area contributed by atoms with E-state index in [1.807, 2.05) is 13.0 Å². The lowest BCUT2D eigenvalue weighted by Gasteiger charge is -2.06. The summed E-state index contributed by atoms with van der Waals surface area (Å²) >= 11 is 5.80. The molecule has 0 atom stereocenters. The van der Waals surface area contributed by atoms with Crippen molar-refractivity contribution < 1.29 is 4.39 Å². The molecular weight excluding hydrogens is 241 g/mol. The quantitative estimate of drug-likeness (QED) is 0.890. The summed E-state index contributed by atoms with van der Waals surface area (Å²) in [5, 5.41) is 3.26. The van der Waals surface area contributed by atoms with Gasteiger partial charge >= 0.3 is 0 Å². The fraction of sp³-hybridized carbons (Fsp3) is 0.167. The van der Waals surface area contributed by atoms with Gasteiger partial charge < -0.3 is 5.32 Å². The summed E-state index contributed by atoms with van der Waals surface area (Å²) < 4.78 is 13.2. The molecule has 0 bridgehead atoms. The summed E-state index contributed by atoms with van der Waals surface area (Å²) in [5.74, 6) is 0.743. The third-order valence-corrected chi connectivity index (χ3v) is 2.45. The van der Waals surface area contributed by atoms with Crippen LogP contribution >= 0.6 is 11.6 Å². The number of aryl methyl sites for hydroxylation is 1. The molecule has 0 aliphatic carbocycles. The van der Waals surface area contributed by atoms with Crippen molar-refractivity contribution in [2.75, 3.05) is 12.4 Å². The van der Waals surface area contributed by atoms with Crippen LogP contribution in [0.3, 0.4) is 0 Å². The van der Waals surface area contributed by atoms with E-state index >= 15 is 0 Å². The number of nitrogens with zero attached hydrogens (tertiary/aromatic N) is 2. The predicted molar refractivity (Wildman–Crippen MR) is 66.7 cm³/mol. The summed E-state index contributed by atoms with van der Waals surface area (Å²) in [6.45, 7) is 1.85. The smallest absolute Gasteiger partial charge is 0.161 e. The zero-order valence-electron chi connectivity index (χ0n) is 9.46. The van der Waals surface area contributed by atoms with Gasteiger partial charge in [0.15, 0.2) is 5.82 Å². The Labute approximate surface area is 104 Å². The second kappa shape index (κ2) is 4.67. The van der Waals surface area contributed by atoms with Crippen LogP contribution in [0.4, 0.5) is 10.2 Å². The first-order chi connectivity index (χ1) is 8.08. The van der Waals surface area contributed by atoms with Gasteiger partial charge in [0.1, 0.15) is 11.6 Å². The predicted octanol–water partition coefficient (Wildman–Crippen LogP) is 3.29. The van der Waals surface area contributed by atoms with Crippen LogP contribution in [0, 0.1) is 12.7 Å². The van der Waals surface area contributed by atoms with Crippen molar-refractivity contribution in [1.29, 1.82) is 0 Å². The molecule has 1 aromatic heterocycles. The lowest BCUT2D eigenvalue weighted by atomic mass is 10.2. The van der Waals surface area contributed by atoms with E-state index in [4.69, 9.17) is 11.6 Å². The van der Waals surface area contributed by atoms with Crippen molar-refractivity contribution in [3.63, 3.8) is 0 Å². The molecule has 3 nitrogen and oxygen atoms in total. The molecule has 0 unspecified atom stereocenters. The van der Waals surface area contributed by atoms with E-state index in [0.717, 1.165) is 5.69 Å². The molecule has 0 aliphatic heterocycles. The SMILES string of the molecule is CNc1cc(C)nc(-c2cc(F)cc(Cl)c2)n1. The zero-order valence-corrected chi connectivity index (χ0v) is 10.2. The van der Waals surface area contributed by atoms with Gasteiger partial charge in [0.2, 0.25) is 0 Å². The molecule has 2 aromatic rings. The Morgan fingerprint density at radius 1 is 1.18 bits per heavy atom. The Morgan fingerprint density at radius 3 is 2.59 bits per heavy atom. The Kier molecular flexibility index (Phi) is 3.24. The number of aromatic nitrogens is 2. The van der Waals surface area contributed by atoms with Gasteiger partial charge in [0, 0.05) is 29.4 Å². The van der Waals surface area contributed by atoms with Gasteiger partial charge in [-0.05, 0) is 25.1 Å². The Hall–Kier alpha value is -1.68. The van der Waals surface area contributed by atoms with Crippen LogP contribution in [-0.4, -0.2) is 17.0 Å². The molecule has 0 fully saturated rings. The number of hydrogen-bond donors (Lipinski definition) is 1. The summed E-state index contributed by atoms with van der Waals surface area (Å²) in [6, 6.07) is 6.06. The van der Waals surface area contributed by atoms with E-state index in [9.17, 15) is 4.39 Å². The van der Waals surface area contributed by atoms with Crippen LogP contribution in [0.25, 0.3) is 11.4 Å². The molecule has 0 radical (unpaired) electrons. The lowest BCUT2D eigenvalue weighted by Crippen LogP contribution is -1.98. The van der Waals surface area contributed by atoms with Crippen LogP contribution in [-0.2, 0) is 0 Å². The maximum atomic E-state index is 13.2. The largest absolute Gasteiger partial charge is 0.373 e. The topological polar surface area (TPSA) is 37.8 Å². The van der Waals surface area contributed by atoms with E-state index in [0.29, 0.717) is 22.2 Å². The highest BCUT2D eigenvalue weighted by Gasteiger charge is 2.07. The number of halogens is 2. The Balaban J connectivity index is 2.55. The molecule has 0 saturated heterocycles. The fourth-order valence-corrected chi connectivity index (χ4v) is 1.73. The molecule has 88 valence electrons. The van der Waals surface area contributed by atoms with Gasteiger partial charge in [0.05, 0.1) is 0 Å². The molecule has 0 amide bonds. The summed E-state index contributed by atoms with van der Waals surface area (Å²) in [5.41, 5.74) is 1.37. The van der Waals surface area contributed by atoms with E-state index in [2.05, 4.69) is 15.3 Å². The van der Waals surface area contributed by atoms with Crippen molar-refractivity contribution in [3.8, 4) is 11.4 Å². The summed E-state index contributed by atoms with van der Waals surface area (Å²) in [7, 11) is 1.77. The number of benzene rings is 1. The normalized spacial score (nSPS) is 10.4. The molecule has 1 heterocycles. The van der Waals surface area contributed by atoms with Crippen molar-refractivity contribution in [1.82, 2.24) is 9.97 Å². The minimum absolute atomic E-state index is 0.330. The molecule has 1 aromatic carbocycles. The van der Waals surface area contributed by atoms with Crippen LogP contribution in [0.1, 0.15) is 5.69 Å². The number of nitrogens with one attached hydrogen (secondary N) is 1. The Morgan fingerprint density at radius 2 is 1.94 bits per heavy atom. The van der Waals surface area contributed by atoms with E-state index < -0.39 is 5.82 Å². The second-order valence-electron chi connectivity index (χ2n) is 3.63. The molecule has 17 heavy (non-hydrogen) atoms. The minimum atomic E-state index is -0.399. The van der Waals surface area contributed by atoms with E-state index in [-0.39, 0.29) is 0 Å². The first-order valence-corrected chi connectivity index (χ1v) is 5.46. The number of anilines is 1. The minimum Gasteiger partial charge on any atom is -0.373 e. The third kappa shape index (κ3) is 2.71.